The molecular weight excluding hydrogens is 244 g/mol. The van der Waals surface area contributed by atoms with Gasteiger partial charge in [-0.25, -0.2) is 9.59 Å². The van der Waals surface area contributed by atoms with E-state index in [1.54, 1.807) is 0 Å². The van der Waals surface area contributed by atoms with E-state index in [0.29, 0.717) is 6.42 Å². The zero-order valence-electron chi connectivity index (χ0n) is 12.3. The Hall–Kier alpha value is -1.26. The molecule has 0 aliphatic heterocycles. The Balaban J connectivity index is 2.51. The summed E-state index contributed by atoms with van der Waals surface area (Å²) in [5, 5.41) is 14.6. The Morgan fingerprint density at radius 3 is 2.42 bits per heavy atom. The molecule has 0 saturated heterocycles. The molecule has 110 valence electrons. The van der Waals surface area contributed by atoms with E-state index in [1.165, 1.54) is 0 Å². The molecule has 19 heavy (non-hydrogen) atoms. The van der Waals surface area contributed by atoms with Gasteiger partial charge in [-0.15, -0.1) is 0 Å². The summed E-state index contributed by atoms with van der Waals surface area (Å²) >= 11 is 0. The third-order valence-electron chi connectivity index (χ3n) is 3.87. The lowest BCUT2D eigenvalue weighted by atomic mass is 9.87. The van der Waals surface area contributed by atoms with Crippen molar-refractivity contribution >= 4 is 12.0 Å². The molecule has 2 amide bonds. The maximum absolute atomic E-state index is 11.9. The molecule has 3 N–H and O–H groups in total. The van der Waals surface area contributed by atoms with Gasteiger partial charge in [-0.1, -0.05) is 34.1 Å². The molecule has 5 nitrogen and oxygen atoms in total. The summed E-state index contributed by atoms with van der Waals surface area (Å²) in [6.07, 6.45) is 3.59. The number of urea groups is 1. The number of hydrogen-bond acceptors (Lipinski definition) is 2. The Kier molecular flexibility index (Phi) is 5.20. The van der Waals surface area contributed by atoms with E-state index in [2.05, 4.69) is 24.5 Å². The van der Waals surface area contributed by atoms with Gasteiger partial charge in [0.25, 0.3) is 0 Å². The Bertz CT molecular complexity index is 340. The molecule has 0 aromatic carbocycles. The van der Waals surface area contributed by atoms with Gasteiger partial charge < -0.3 is 15.7 Å². The Labute approximate surface area is 115 Å². The van der Waals surface area contributed by atoms with Gasteiger partial charge in [0, 0.05) is 6.04 Å². The van der Waals surface area contributed by atoms with E-state index in [1.807, 2.05) is 13.8 Å². The number of carboxylic acids is 1. The van der Waals surface area contributed by atoms with Gasteiger partial charge in [0.15, 0.2) is 0 Å². The predicted octanol–water partition coefficient (Wildman–Crippen LogP) is 2.36. The summed E-state index contributed by atoms with van der Waals surface area (Å²) in [7, 11) is 0. The van der Waals surface area contributed by atoms with Crippen LogP contribution in [0, 0.1) is 11.3 Å². The van der Waals surface area contributed by atoms with Gasteiger partial charge in [0.05, 0.1) is 0 Å². The second-order valence-electron chi connectivity index (χ2n) is 6.57. The highest BCUT2D eigenvalue weighted by atomic mass is 16.4. The van der Waals surface area contributed by atoms with Gasteiger partial charge in [-0.05, 0) is 30.6 Å². The monoisotopic (exact) mass is 270 g/mol. The zero-order valence-corrected chi connectivity index (χ0v) is 12.3. The van der Waals surface area contributed by atoms with Gasteiger partial charge in [-0.2, -0.15) is 0 Å². The lowest BCUT2D eigenvalue weighted by molar-refractivity contribution is -0.139. The third kappa shape index (κ3) is 4.73. The minimum absolute atomic E-state index is 0.0914. The highest BCUT2D eigenvalue weighted by Crippen LogP contribution is 2.37. The van der Waals surface area contributed by atoms with E-state index in [0.717, 1.165) is 19.3 Å². The number of rotatable bonds is 5. The lowest BCUT2D eigenvalue weighted by Crippen LogP contribution is -2.51. The number of hydrogen-bond donors (Lipinski definition) is 3. The first-order chi connectivity index (χ1) is 8.72. The topological polar surface area (TPSA) is 78.4 Å². The molecule has 0 heterocycles. The van der Waals surface area contributed by atoms with E-state index in [-0.39, 0.29) is 23.4 Å². The molecule has 1 fully saturated rings. The summed E-state index contributed by atoms with van der Waals surface area (Å²) < 4.78 is 0. The molecule has 1 saturated carbocycles. The largest absolute Gasteiger partial charge is 0.480 e. The predicted molar refractivity (Wildman–Crippen MR) is 74.0 cm³/mol. The van der Waals surface area contributed by atoms with Crippen molar-refractivity contribution in [2.24, 2.45) is 11.3 Å². The molecule has 5 heteroatoms. The number of aliphatic carboxylic acids is 1. The molecule has 0 aromatic rings. The van der Waals surface area contributed by atoms with Gasteiger partial charge in [-0.3, -0.25) is 0 Å². The summed E-state index contributed by atoms with van der Waals surface area (Å²) in [4.78, 5) is 23.0. The van der Waals surface area contributed by atoms with Crippen LogP contribution in [0.5, 0.6) is 0 Å². The molecule has 1 aliphatic rings. The maximum Gasteiger partial charge on any atom is 0.326 e. The molecule has 0 aromatic heterocycles. The second-order valence-corrected chi connectivity index (χ2v) is 6.57. The number of nitrogens with one attached hydrogen (secondary N) is 2. The molecule has 0 spiro atoms. The van der Waals surface area contributed by atoms with Crippen molar-refractivity contribution in [2.45, 2.75) is 65.5 Å². The van der Waals surface area contributed by atoms with Crippen molar-refractivity contribution < 1.29 is 14.7 Å². The minimum Gasteiger partial charge on any atom is -0.480 e. The minimum atomic E-state index is -0.977. The number of amides is 2. The van der Waals surface area contributed by atoms with Crippen molar-refractivity contribution in [3.05, 3.63) is 0 Å². The van der Waals surface area contributed by atoms with E-state index < -0.39 is 12.0 Å². The van der Waals surface area contributed by atoms with Crippen LogP contribution < -0.4 is 10.6 Å². The third-order valence-corrected chi connectivity index (χ3v) is 3.87. The normalized spacial score (nSPS) is 23.1. The summed E-state index contributed by atoms with van der Waals surface area (Å²) in [5.74, 6) is -0.751. The van der Waals surface area contributed by atoms with Crippen LogP contribution in [0.2, 0.25) is 0 Å². The van der Waals surface area contributed by atoms with Crippen LogP contribution in [-0.4, -0.2) is 29.2 Å². The van der Waals surface area contributed by atoms with Crippen molar-refractivity contribution in [2.75, 3.05) is 0 Å². The second kappa shape index (κ2) is 6.26. The highest BCUT2D eigenvalue weighted by molar-refractivity contribution is 5.82. The van der Waals surface area contributed by atoms with Crippen LogP contribution in [0.25, 0.3) is 0 Å². The van der Waals surface area contributed by atoms with Gasteiger partial charge in [0.2, 0.25) is 0 Å². The van der Waals surface area contributed by atoms with Gasteiger partial charge >= 0.3 is 12.0 Å². The quantitative estimate of drug-likeness (QED) is 0.717. The van der Waals surface area contributed by atoms with Crippen molar-refractivity contribution in [1.29, 1.82) is 0 Å². The smallest absolute Gasteiger partial charge is 0.326 e. The molecule has 1 rings (SSSR count). The van der Waals surface area contributed by atoms with Crippen LogP contribution in [0.3, 0.4) is 0 Å². The first-order valence-electron chi connectivity index (χ1n) is 7.02. The average Bonchev–Trinajstić information content (AvgIpc) is 2.56. The van der Waals surface area contributed by atoms with Crippen LogP contribution in [0.4, 0.5) is 4.79 Å². The number of carboxylic acid groups (broad SMARTS) is 1. The molecular formula is C14H26N2O3. The summed E-state index contributed by atoms with van der Waals surface area (Å²) in [6, 6.07) is -1.06. The molecule has 1 unspecified atom stereocenters. The highest BCUT2D eigenvalue weighted by Gasteiger charge is 2.35. The standard InChI is InChI=1S/C14H26N2O3/c1-9(2)8-10(12(17)18)15-13(19)16-11-6-5-7-14(11,3)4/h9-11H,5-8H2,1-4H3,(H,17,18)(H2,15,16,19)/t10-,11?/m0/s1. The summed E-state index contributed by atoms with van der Waals surface area (Å²) in [6.45, 7) is 8.15. The fraction of sp³-hybridized carbons (Fsp3) is 0.857. The lowest BCUT2D eigenvalue weighted by Gasteiger charge is -2.28. The molecule has 2 atom stereocenters. The zero-order chi connectivity index (χ0) is 14.6. The van der Waals surface area contributed by atoms with Crippen LogP contribution >= 0.6 is 0 Å². The van der Waals surface area contributed by atoms with Crippen LogP contribution in [0.15, 0.2) is 0 Å². The maximum atomic E-state index is 11.9. The molecule has 1 aliphatic carbocycles. The van der Waals surface area contributed by atoms with Crippen molar-refractivity contribution in [3.63, 3.8) is 0 Å². The Morgan fingerprint density at radius 2 is 2.00 bits per heavy atom. The van der Waals surface area contributed by atoms with Crippen molar-refractivity contribution in [3.8, 4) is 0 Å². The van der Waals surface area contributed by atoms with E-state index >= 15 is 0 Å². The average molecular weight is 270 g/mol. The van der Waals surface area contributed by atoms with Crippen LogP contribution in [0.1, 0.15) is 53.4 Å². The van der Waals surface area contributed by atoms with E-state index in [9.17, 15) is 9.59 Å². The number of carbonyl (C=O) groups excluding carboxylic acids is 1. The first kappa shape index (κ1) is 15.8. The molecule has 0 radical (unpaired) electrons. The van der Waals surface area contributed by atoms with Gasteiger partial charge in [0.1, 0.15) is 6.04 Å². The van der Waals surface area contributed by atoms with Crippen LogP contribution in [-0.2, 0) is 4.79 Å². The SMILES string of the molecule is CC(C)C[C@H](NC(=O)NC1CCCC1(C)C)C(=O)O. The summed E-state index contributed by atoms with van der Waals surface area (Å²) in [5.41, 5.74) is 0.0914. The Morgan fingerprint density at radius 1 is 1.37 bits per heavy atom. The first-order valence-corrected chi connectivity index (χ1v) is 7.02. The number of carbonyl (C=O) groups is 2. The van der Waals surface area contributed by atoms with Crippen molar-refractivity contribution in [1.82, 2.24) is 10.6 Å². The fourth-order valence-electron chi connectivity index (χ4n) is 2.65. The van der Waals surface area contributed by atoms with E-state index in [4.69, 9.17) is 5.11 Å². The molecule has 0 bridgehead atoms. The fourth-order valence-corrected chi connectivity index (χ4v) is 2.65.